The topological polar surface area (TPSA) is 67.5 Å². The standard InChI is InChI=1S/C12H17N3O3/c1-17-9-7-15(8-12(9)3-2-6-18-12)11(16)10-13-4-5-14-10/h4-5,9H,2-3,6-8H2,1H3,(H,13,14)/t9-,12-/m0/s1. The second-order valence-electron chi connectivity index (χ2n) is 4.86. The van der Waals surface area contributed by atoms with Crippen molar-refractivity contribution in [2.24, 2.45) is 0 Å². The van der Waals surface area contributed by atoms with Crippen molar-refractivity contribution in [3.05, 3.63) is 18.2 Å². The fourth-order valence-corrected chi connectivity index (χ4v) is 2.93. The van der Waals surface area contributed by atoms with Gasteiger partial charge in [-0.2, -0.15) is 0 Å². The first-order valence-electron chi connectivity index (χ1n) is 6.20. The molecule has 0 bridgehead atoms. The number of hydrogen-bond acceptors (Lipinski definition) is 4. The van der Waals surface area contributed by atoms with Crippen LogP contribution in [0.5, 0.6) is 0 Å². The molecule has 2 fully saturated rings. The summed E-state index contributed by atoms with van der Waals surface area (Å²) in [6, 6.07) is 0. The summed E-state index contributed by atoms with van der Waals surface area (Å²) in [5, 5.41) is 0. The second kappa shape index (κ2) is 4.37. The fourth-order valence-electron chi connectivity index (χ4n) is 2.93. The van der Waals surface area contributed by atoms with Crippen LogP contribution in [0.2, 0.25) is 0 Å². The molecule has 2 atom stereocenters. The number of methoxy groups -OCH3 is 1. The molecule has 0 aromatic carbocycles. The van der Waals surface area contributed by atoms with Gasteiger partial charge in [-0.1, -0.05) is 0 Å². The molecule has 2 aliphatic rings. The molecule has 1 spiro atoms. The van der Waals surface area contributed by atoms with Crippen LogP contribution in [-0.4, -0.2) is 59.3 Å². The highest BCUT2D eigenvalue weighted by atomic mass is 16.6. The molecule has 1 aromatic rings. The predicted molar refractivity (Wildman–Crippen MR) is 63.2 cm³/mol. The Morgan fingerprint density at radius 3 is 3.22 bits per heavy atom. The molecule has 0 unspecified atom stereocenters. The number of H-pyrrole nitrogens is 1. The van der Waals surface area contributed by atoms with E-state index in [1.807, 2.05) is 0 Å². The number of nitrogens with zero attached hydrogens (tertiary/aromatic N) is 2. The molecule has 1 N–H and O–H groups in total. The van der Waals surface area contributed by atoms with Gasteiger partial charge in [0.25, 0.3) is 5.91 Å². The molecule has 6 heteroatoms. The van der Waals surface area contributed by atoms with Crippen molar-refractivity contribution in [1.82, 2.24) is 14.9 Å². The van der Waals surface area contributed by atoms with Crippen molar-refractivity contribution < 1.29 is 14.3 Å². The molecule has 3 rings (SSSR count). The Kier molecular flexibility index (Phi) is 2.83. The molecule has 98 valence electrons. The monoisotopic (exact) mass is 251 g/mol. The number of imidazole rings is 1. The Morgan fingerprint density at radius 1 is 1.72 bits per heavy atom. The number of hydrogen-bond donors (Lipinski definition) is 1. The normalized spacial score (nSPS) is 31.4. The zero-order valence-electron chi connectivity index (χ0n) is 10.4. The average molecular weight is 251 g/mol. The lowest BCUT2D eigenvalue weighted by Crippen LogP contribution is -2.42. The molecule has 3 heterocycles. The molecule has 6 nitrogen and oxygen atoms in total. The van der Waals surface area contributed by atoms with Gasteiger partial charge in [0.05, 0.1) is 13.1 Å². The number of rotatable bonds is 2. The molecule has 18 heavy (non-hydrogen) atoms. The minimum absolute atomic E-state index is 0.0427. The first-order chi connectivity index (χ1) is 8.75. The van der Waals surface area contributed by atoms with Crippen molar-refractivity contribution in [3.63, 3.8) is 0 Å². The van der Waals surface area contributed by atoms with Gasteiger partial charge in [0, 0.05) is 26.1 Å². The number of carbonyl (C=O) groups is 1. The van der Waals surface area contributed by atoms with E-state index in [-0.39, 0.29) is 17.6 Å². The van der Waals surface area contributed by atoms with E-state index in [1.54, 1.807) is 24.4 Å². The van der Waals surface area contributed by atoms with Gasteiger partial charge in [-0.25, -0.2) is 4.98 Å². The van der Waals surface area contributed by atoms with Crippen molar-refractivity contribution in [2.75, 3.05) is 26.8 Å². The zero-order valence-corrected chi connectivity index (χ0v) is 10.4. The quantitative estimate of drug-likeness (QED) is 0.827. The number of amides is 1. The van der Waals surface area contributed by atoms with Gasteiger partial charge in [-0.05, 0) is 12.8 Å². The minimum Gasteiger partial charge on any atom is -0.377 e. The predicted octanol–water partition coefficient (Wildman–Crippen LogP) is 0.430. The second-order valence-corrected chi connectivity index (χ2v) is 4.86. The number of aromatic nitrogens is 2. The summed E-state index contributed by atoms with van der Waals surface area (Å²) in [6.45, 7) is 1.91. The maximum absolute atomic E-state index is 12.2. The van der Waals surface area contributed by atoms with Gasteiger partial charge in [-0.3, -0.25) is 4.79 Å². The molecule has 1 amide bonds. The Balaban J connectivity index is 1.78. The summed E-state index contributed by atoms with van der Waals surface area (Å²) >= 11 is 0. The van der Waals surface area contributed by atoms with E-state index >= 15 is 0 Å². The van der Waals surface area contributed by atoms with Crippen LogP contribution < -0.4 is 0 Å². The smallest absolute Gasteiger partial charge is 0.289 e. The van der Waals surface area contributed by atoms with Crippen molar-refractivity contribution >= 4 is 5.91 Å². The van der Waals surface area contributed by atoms with Crippen LogP contribution in [0, 0.1) is 0 Å². The van der Waals surface area contributed by atoms with Crippen LogP contribution in [0.3, 0.4) is 0 Å². The molecule has 2 aliphatic heterocycles. The summed E-state index contributed by atoms with van der Waals surface area (Å²) in [5.41, 5.74) is -0.309. The van der Waals surface area contributed by atoms with Crippen molar-refractivity contribution in [3.8, 4) is 0 Å². The van der Waals surface area contributed by atoms with E-state index in [0.29, 0.717) is 18.9 Å². The summed E-state index contributed by atoms with van der Waals surface area (Å²) in [4.78, 5) is 20.8. The van der Waals surface area contributed by atoms with E-state index in [9.17, 15) is 4.79 Å². The number of carbonyl (C=O) groups excluding carboxylic acids is 1. The number of likely N-dealkylation sites (tertiary alicyclic amines) is 1. The highest BCUT2D eigenvalue weighted by molar-refractivity contribution is 5.90. The third-order valence-electron chi connectivity index (χ3n) is 3.84. The molecule has 0 radical (unpaired) electrons. The van der Waals surface area contributed by atoms with Crippen LogP contribution in [0.25, 0.3) is 0 Å². The number of ether oxygens (including phenoxy) is 2. The Morgan fingerprint density at radius 2 is 2.61 bits per heavy atom. The van der Waals surface area contributed by atoms with Crippen LogP contribution >= 0.6 is 0 Å². The molecule has 2 saturated heterocycles. The van der Waals surface area contributed by atoms with Crippen molar-refractivity contribution in [2.45, 2.75) is 24.5 Å². The largest absolute Gasteiger partial charge is 0.377 e. The van der Waals surface area contributed by atoms with Gasteiger partial charge in [-0.15, -0.1) is 0 Å². The third-order valence-corrected chi connectivity index (χ3v) is 3.84. The Bertz CT molecular complexity index is 426. The van der Waals surface area contributed by atoms with Gasteiger partial charge in [0.2, 0.25) is 0 Å². The molecule has 0 aliphatic carbocycles. The van der Waals surface area contributed by atoms with E-state index in [2.05, 4.69) is 9.97 Å². The van der Waals surface area contributed by atoms with Crippen molar-refractivity contribution in [1.29, 1.82) is 0 Å². The molecule has 0 saturated carbocycles. The van der Waals surface area contributed by atoms with E-state index in [0.717, 1.165) is 19.4 Å². The maximum atomic E-state index is 12.2. The lowest BCUT2D eigenvalue weighted by atomic mass is 9.97. The molecular weight excluding hydrogens is 234 g/mol. The van der Waals surface area contributed by atoms with E-state index < -0.39 is 0 Å². The Hall–Kier alpha value is -1.40. The number of aromatic amines is 1. The highest BCUT2D eigenvalue weighted by Gasteiger charge is 2.51. The molecule has 1 aromatic heterocycles. The maximum Gasteiger partial charge on any atom is 0.289 e. The summed E-state index contributed by atoms with van der Waals surface area (Å²) < 4.78 is 11.4. The van der Waals surface area contributed by atoms with Crippen LogP contribution in [0.4, 0.5) is 0 Å². The average Bonchev–Trinajstić information content (AvgIpc) is 3.10. The minimum atomic E-state index is -0.309. The van der Waals surface area contributed by atoms with Gasteiger partial charge >= 0.3 is 0 Å². The Labute approximate surface area is 105 Å². The lowest BCUT2D eigenvalue weighted by Gasteiger charge is -2.27. The summed E-state index contributed by atoms with van der Waals surface area (Å²) in [5.74, 6) is 0.286. The lowest BCUT2D eigenvalue weighted by molar-refractivity contribution is -0.0755. The van der Waals surface area contributed by atoms with Gasteiger partial charge in [0.15, 0.2) is 5.82 Å². The number of nitrogens with one attached hydrogen (secondary N) is 1. The van der Waals surface area contributed by atoms with Crippen LogP contribution in [0.15, 0.2) is 12.4 Å². The SMILES string of the molecule is CO[C@H]1CN(C(=O)c2ncc[nH]2)C[C@@]12CCCO2. The summed E-state index contributed by atoms with van der Waals surface area (Å²) in [7, 11) is 1.68. The fraction of sp³-hybridized carbons (Fsp3) is 0.667. The molecular formula is C12H17N3O3. The van der Waals surface area contributed by atoms with Gasteiger partial charge < -0.3 is 19.4 Å². The summed E-state index contributed by atoms with van der Waals surface area (Å²) in [6.07, 6.45) is 5.17. The first kappa shape index (κ1) is 11.7. The highest BCUT2D eigenvalue weighted by Crippen LogP contribution is 2.36. The van der Waals surface area contributed by atoms with Crippen LogP contribution in [0.1, 0.15) is 23.5 Å². The van der Waals surface area contributed by atoms with E-state index in [1.165, 1.54) is 0 Å². The third kappa shape index (κ3) is 1.72. The zero-order chi connectivity index (χ0) is 12.6. The van der Waals surface area contributed by atoms with Crippen LogP contribution in [-0.2, 0) is 9.47 Å². The van der Waals surface area contributed by atoms with E-state index in [4.69, 9.17) is 9.47 Å². The van der Waals surface area contributed by atoms with Gasteiger partial charge in [0.1, 0.15) is 11.7 Å². The first-order valence-corrected chi connectivity index (χ1v) is 6.20.